The van der Waals surface area contributed by atoms with E-state index in [9.17, 15) is 9.18 Å². The minimum Gasteiger partial charge on any atom is -0.478 e. The van der Waals surface area contributed by atoms with Gasteiger partial charge in [-0.2, -0.15) is 0 Å². The second-order valence-electron chi connectivity index (χ2n) is 5.91. The number of nitrogens with zero attached hydrogens (tertiary/aromatic N) is 1. The molecular weight excluding hydrogens is 269 g/mol. The lowest BCUT2D eigenvalue weighted by molar-refractivity contribution is -0.131. The average molecular weight is 291 g/mol. The Hall–Kier alpha value is -1.84. The second kappa shape index (κ2) is 6.74. The molecule has 1 aromatic carbocycles. The fourth-order valence-corrected chi connectivity index (χ4v) is 2.91. The molecule has 0 heterocycles. The molecule has 0 amide bonds. The van der Waals surface area contributed by atoms with E-state index >= 15 is 0 Å². The zero-order valence-electron chi connectivity index (χ0n) is 12.6. The van der Waals surface area contributed by atoms with Crippen LogP contribution in [0.5, 0.6) is 0 Å². The molecule has 1 N–H and O–H groups in total. The van der Waals surface area contributed by atoms with Gasteiger partial charge in [0.25, 0.3) is 0 Å². The van der Waals surface area contributed by atoms with Crippen molar-refractivity contribution in [1.29, 1.82) is 0 Å². The zero-order valence-corrected chi connectivity index (χ0v) is 12.6. The molecule has 1 aromatic rings. The lowest BCUT2D eigenvalue weighted by Crippen LogP contribution is -2.35. The summed E-state index contributed by atoms with van der Waals surface area (Å²) in [6.07, 6.45) is 6.99. The molecule has 114 valence electrons. The molecule has 2 rings (SSSR count). The number of hydrogen-bond acceptors (Lipinski definition) is 2. The second-order valence-corrected chi connectivity index (χ2v) is 5.91. The molecule has 1 aliphatic rings. The fourth-order valence-electron chi connectivity index (χ4n) is 2.91. The molecule has 0 aliphatic heterocycles. The third-order valence-electron chi connectivity index (χ3n) is 4.30. The van der Waals surface area contributed by atoms with E-state index in [1.807, 2.05) is 11.9 Å². The van der Waals surface area contributed by atoms with Crippen molar-refractivity contribution in [3.05, 3.63) is 35.7 Å². The van der Waals surface area contributed by atoms with Gasteiger partial charge in [-0.1, -0.05) is 13.0 Å². The maximum absolute atomic E-state index is 14.2. The van der Waals surface area contributed by atoms with Crippen LogP contribution in [0.3, 0.4) is 0 Å². The van der Waals surface area contributed by atoms with Gasteiger partial charge in [0.1, 0.15) is 5.82 Å². The lowest BCUT2D eigenvalue weighted by Gasteiger charge is -2.35. The molecule has 0 saturated heterocycles. The van der Waals surface area contributed by atoms with Crippen molar-refractivity contribution in [2.45, 2.75) is 38.6 Å². The van der Waals surface area contributed by atoms with E-state index in [2.05, 4.69) is 6.92 Å². The van der Waals surface area contributed by atoms with Crippen LogP contribution in [0.25, 0.3) is 6.08 Å². The van der Waals surface area contributed by atoms with Gasteiger partial charge in [-0.15, -0.1) is 0 Å². The number of carbonyl (C=O) groups is 1. The van der Waals surface area contributed by atoms with Crippen LogP contribution in [0.2, 0.25) is 0 Å². The number of hydrogen-bond donors (Lipinski definition) is 1. The number of carboxylic acid groups (broad SMARTS) is 1. The van der Waals surface area contributed by atoms with Gasteiger partial charge in [-0.25, -0.2) is 9.18 Å². The van der Waals surface area contributed by atoms with Crippen LogP contribution in [-0.4, -0.2) is 24.2 Å². The topological polar surface area (TPSA) is 40.5 Å². The molecule has 0 spiro atoms. The molecule has 21 heavy (non-hydrogen) atoms. The number of aliphatic carboxylic acids is 1. The van der Waals surface area contributed by atoms with Crippen molar-refractivity contribution in [3.8, 4) is 0 Å². The minimum atomic E-state index is -1.03. The summed E-state index contributed by atoms with van der Waals surface area (Å²) in [6, 6.07) is 5.25. The van der Waals surface area contributed by atoms with Crippen molar-refractivity contribution in [3.63, 3.8) is 0 Å². The quantitative estimate of drug-likeness (QED) is 0.854. The Kier molecular flexibility index (Phi) is 4.99. The Bertz CT molecular complexity index is 534. The molecule has 3 nitrogen and oxygen atoms in total. The van der Waals surface area contributed by atoms with Crippen LogP contribution < -0.4 is 4.90 Å². The molecule has 0 atom stereocenters. The van der Waals surface area contributed by atoms with Crippen LogP contribution in [0.1, 0.15) is 38.2 Å². The Balaban J connectivity index is 2.11. The first kappa shape index (κ1) is 15.5. The lowest BCUT2D eigenvalue weighted by atomic mass is 9.86. The van der Waals surface area contributed by atoms with E-state index in [0.29, 0.717) is 17.3 Å². The van der Waals surface area contributed by atoms with Crippen molar-refractivity contribution >= 4 is 17.7 Å². The summed E-state index contributed by atoms with van der Waals surface area (Å²) in [4.78, 5) is 12.5. The minimum absolute atomic E-state index is 0.302. The van der Waals surface area contributed by atoms with E-state index in [-0.39, 0.29) is 5.82 Å². The summed E-state index contributed by atoms with van der Waals surface area (Å²) in [7, 11) is 1.94. The van der Waals surface area contributed by atoms with Gasteiger partial charge < -0.3 is 10.0 Å². The Morgan fingerprint density at radius 3 is 2.57 bits per heavy atom. The van der Waals surface area contributed by atoms with Gasteiger partial charge in [0.2, 0.25) is 0 Å². The summed E-state index contributed by atoms with van der Waals surface area (Å²) in [5.74, 6) is -0.570. The summed E-state index contributed by atoms with van der Waals surface area (Å²) in [5.41, 5.74) is 1.14. The first-order valence-corrected chi connectivity index (χ1v) is 7.40. The average Bonchev–Trinajstić information content (AvgIpc) is 2.45. The SMILES string of the molecule is CC1CCC(N(C)c2ccc(C=CC(=O)O)cc2F)CC1. The Labute approximate surface area is 125 Å². The van der Waals surface area contributed by atoms with Gasteiger partial charge in [0.15, 0.2) is 0 Å². The van der Waals surface area contributed by atoms with Gasteiger partial charge in [-0.3, -0.25) is 0 Å². The third kappa shape index (κ3) is 4.06. The Morgan fingerprint density at radius 1 is 1.33 bits per heavy atom. The molecular formula is C17H22FNO2. The first-order chi connectivity index (χ1) is 9.97. The van der Waals surface area contributed by atoms with E-state index in [1.54, 1.807) is 12.1 Å². The van der Waals surface area contributed by atoms with Crippen molar-refractivity contribution in [2.75, 3.05) is 11.9 Å². The Morgan fingerprint density at radius 2 is 2.00 bits per heavy atom. The number of benzene rings is 1. The maximum Gasteiger partial charge on any atom is 0.328 e. The molecule has 0 radical (unpaired) electrons. The highest BCUT2D eigenvalue weighted by Gasteiger charge is 2.23. The standard InChI is InChI=1S/C17H22FNO2/c1-12-3-7-14(8-4-12)19(2)16-9-5-13(11-15(16)18)6-10-17(20)21/h5-6,9-12,14H,3-4,7-8H2,1-2H3,(H,20,21). The fraction of sp³-hybridized carbons (Fsp3) is 0.471. The van der Waals surface area contributed by atoms with Gasteiger partial charge >= 0.3 is 5.97 Å². The highest BCUT2D eigenvalue weighted by molar-refractivity contribution is 5.85. The van der Waals surface area contributed by atoms with E-state index in [1.165, 1.54) is 25.0 Å². The highest BCUT2D eigenvalue weighted by Crippen LogP contribution is 2.30. The van der Waals surface area contributed by atoms with Gasteiger partial charge in [0.05, 0.1) is 5.69 Å². The zero-order chi connectivity index (χ0) is 15.4. The number of rotatable bonds is 4. The van der Waals surface area contributed by atoms with Crippen molar-refractivity contribution < 1.29 is 14.3 Å². The molecule has 0 aromatic heterocycles. The highest BCUT2D eigenvalue weighted by atomic mass is 19.1. The molecule has 0 bridgehead atoms. The normalized spacial score (nSPS) is 22.4. The molecule has 1 aliphatic carbocycles. The molecule has 1 saturated carbocycles. The molecule has 1 fully saturated rings. The maximum atomic E-state index is 14.2. The monoisotopic (exact) mass is 291 g/mol. The third-order valence-corrected chi connectivity index (χ3v) is 4.30. The predicted molar refractivity (Wildman–Crippen MR) is 82.9 cm³/mol. The number of anilines is 1. The number of halogens is 1. The van der Waals surface area contributed by atoms with E-state index < -0.39 is 5.97 Å². The predicted octanol–water partition coefficient (Wildman–Crippen LogP) is 3.94. The molecule has 0 unspecified atom stereocenters. The van der Waals surface area contributed by atoms with E-state index in [4.69, 9.17) is 5.11 Å². The van der Waals surface area contributed by atoms with Crippen LogP contribution in [0.15, 0.2) is 24.3 Å². The van der Waals surface area contributed by atoms with Gasteiger partial charge in [0, 0.05) is 19.2 Å². The summed E-state index contributed by atoms with van der Waals surface area (Å²) < 4.78 is 14.2. The van der Waals surface area contributed by atoms with Crippen LogP contribution in [0, 0.1) is 11.7 Å². The van der Waals surface area contributed by atoms with Gasteiger partial charge in [-0.05, 0) is 55.4 Å². The van der Waals surface area contributed by atoms with Crippen LogP contribution >= 0.6 is 0 Å². The summed E-state index contributed by atoms with van der Waals surface area (Å²) in [6.45, 7) is 2.26. The van der Waals surface area contributed by atoms with Crippen LogP contribution in [-0.2, 0) is 4.79 Å². The number of carboxylic acids is 1. The summed E-state index contributed by atoms with van der Waals surface area (Å²) >= 11 is 0. The van der Waals surface area contributed by atoms with Crippen molar-refractivity contribution in [1.82, 2.24) is 0 Å². The summed E-state index contributed by atoms with van der Waals surface area (Å²) in [5, 5.41) is 8.59. The largest absolute Gasteiger partial charge is 0.478 e. The van der Waals surface area contributed by atoms with Crippen LogP contribution in [0.4, 0.5) is 10.1 Å². The first-order valence-electron chi connectivity index (χ1n) is 7.40. The van der Waals surface area contributed by atoms with E-state index in [0.717, 1.165) is 24.8 Å². The molecule has 4 heteroatoms. The smallest absolute Gasteiger partial charge is 0.328 e. The van der Waals surface area contributed by atoms with Crippen molar-refractivity contribution in [2.24, 2.45) is 5.92 Å².